The minimum absolute atomic E-state index is 0.0263. The molecule has 1 aliphatic heterocycles. The lowest BCUT2D eigenvalue weighted by molar-refractivity contribution is -0.141. The summed E-state index contributed by atoms with van der Waals surface area (Å²) in [5.41, 5.74) is 0.690. The number of benzene rings is 1. The van der Waals surface area contributed by atoms with E-state index in [9.17, 15) is 18.0 Å². The largest absolute Gasteiger partial charge is 0.433 e. The number of amides is 1. The van der Waals surface area contributed by atoms with Gasteiger partial charge in [-0.05, 0) is 18.9 Å². The molecular formula is C20H20F3N5O. The van der Waals surface area contributed by atoms with Crippen molar-refractivity contribution in [3.8, 4) is 0 Å². The van der Waals surface area contributed by atoms with Crippen molar-refractivity contribution < 1.29 is 18.0 Å². The normalized spacial score (nSPS) is 15.7. The molecule has 3 aromatic rings. The molecule has 0 radical (unpaired) electrons. The van der Waals surface area contributed by atoms with E-state index in [4.69, 9.17) is 0 Å². The lowest BCUT2D eigenvalue weighted by Gasteiger charge is -2.32. The zero-order valence-electron chi connectivity index (χ0n) is 15.8. The number of aryl methyl sites for hydroxylation is 1. The van der Waals surface area contributed by atoms with E-state index in [0.29, 0.717) is 31.5 Å². The van der Waals surface area contributed by atoms with Crippen LogP contribution in [0.1, 0.15) is 28.9 Å². The molecule has 0 unspecified atom stereocenters. The van der Waals surface area contributed by atoms with Gasteiger partial charge in [-0.2, -0.15) is 13.2 Å². The van der Waals surface area contributed by atoms with E-state index >= 15 is 0 Å². The van der Waals surface area contributed by atoms with Crippen molar-refractivity contribution in [1.82, 2.24) is 19.4 Å². The Morgan fingerprint density at radius 2 is 1.90 bits per heavy atom. The van der Waals surface area contributed by atoms with Crippen LogP contribution in [0.4, 0.5) is 19.0 Å². The maximum atomic E-state index is 13.0. The predicted octanol–water partition coefficient (Wildman–Crippen LogP) is 3.70. The molecule has 1 N–H and O–H groups in total. The van der Waals surface area contributed by atoms with Crippen LogP contribution in [0.3, 0.4) is 0 Å². The highest BCUT2D eigenvalue weighted by molar-refractivity contribution is 6.07. The molecule has 3 heterocycles. The number of aromatic nitrogens is 3. The van der Waals surface area contributed by atoms with Crippen LogP contribution in [0.2, 0.25) is 0 Å². The van der Waals surface area contributed by atoms with E-state index in [-0.39, 0.29) is 17.8 Å². The number of alkyl halides is 3. The fourth-order valence-corrected chi connectivity index (χ4v) is 3.71. The van der Waals surface area contributed by atoms with E-state index in [1.165, 1.54) is 0 Å². The summed E-state index contributed by atoms with van der Waals surface area (Å²) >= 11 is 0. The summed E-state index contributed by atoms with van der Waals surface area (Å²) in [5.74, 6) is 0.118. The summed E-state index contributed by atoms with van der Waals surface area (Å²) in [6, 6.07) is 8.61. The third-order valence-corrected chi connectivity index (χ3v) is 5.22. The zero-order valence-corrected chi connectivity index (χ0v) is 15.8. The number of likely N-dealkylation sites (tertiary alicyclic amines) is 1. The number of rotatable bonds is 3. The van der Waals surface area contributed by atoms with E-state index in [2.05, 4.69) is 15.3 Å². The molecule has 2 aromatic heterocycles. The molecule has 0 atom stereocenters. The molecule has 1 saturated heterocycles. The summed E-state index contributed by atoms with van der Waals surface area (Å²) in [6.07, 6.45) is -0.501. The Kier molecular flexibility index (Phi) is 4.89. The third-order valence-electron chi connectivity index (χ3n) is 5.22. The van der Waals surface area contributed by atoms with Gasteiger partial charge in [0.15, 0.2) is 0 Å². The fraction of sp³-hybridized carbons (Fsp3) is 0.350. The van der Waals surface area contributed by atoms with Gasteiger partial charge in [0.1, 0.15) is 17.8 Å². The summed E-state index contributed by atoms with van der Waals surface area (Å²) in [6.45, 7) is 1.05. The lowest BCUT2D eigenvalue weighted by Crippen LogP contribution is -2.42. The highest BCUT2D eigenvalue weighted by Gasteiger charge is 2.33. The Hall–Kier alpha value is -3.10. The van der Waals surface area contributed by atoms with Crippen LogP contribution in [0, 0.1) is 0 Å². The molecule has 6 nitrogen and oxygen atoms in total. The molecule has 1 aliphatic rings. The summed E-state index contributed by atoms with van der Waals surface area (Å²) in [4.78, 5) is 21.9. The lowest BCUT2D eigenvalue weighted by atomic mass is 10.0. The first-order chi connectivity index (χ1) is 13.8. The molecule has 0 spiro atoms. The zero-order chi connectivity index (χ0) is 20.6. The second-order valence-electron chi connectivity index (χ2n) is 7.17. The molecule has 9 heteroatoms. The van der Waals surface area contributed by atoms with Gasteiger partial charge in [0.05, 0.1) is 5.56 Å². The summed E-state index contributed by atoms with van der Waals surface area (Å²) in [7, 11) is 1.91. The standard InChI is InChI=1S/C20H20F3N5O/c1-27-11-15(14-4-2-3-5-16(14)27)19(29)28-8-6-13(7-9-28)26-18-10-17(20(21,22)23)24-12-25-18/h2-5,10-13H,6-9H2,1H3,(H,24,25,26). The van der Waals surface area contributed by atoms with Crippen LogP contribution < -0.4 is 5.32 Å². The molecule has 0 saturated carbocycles. The number of piperidine rings is 1. The first-order valence-electron chi connectivity index (χ1n) is 9.32. The molecule has 0 aliphatic carbocycles. The predicted molar refractivity (Wildman–Crippen MR) is 103 cm³/mol. The number of hydrogen-bond acceptors (Lipinski definition) is 4. The van der Waals surface area contributed by atoms with Crippen molar-refractivity contribution in [2.24, 2.45) is 7.05 Å². The van der Waals surface area contributed by atoms with E-state index in [1.54, 1.807) is 4.90 Å². The Bertz CT molecular complexity index is 1040. The van der Waals surface area contributed by atoms with Crippen molar-refractivity contribution in [3.63, 3.8) is 0 Å². The second kappa shape index (κ2) is 7.38. The average molecular weight is 403 g/mol. The van der Waals surface area contributed by atoms with Crippen LogP contribution >= 0.6 is 0 Å². The van der Waals surface area contributed by atoms with Gasteiger partial charge in [0.2, 0.25) is 0 Å². The van der Waals surface area contributed by atoms with Crippen molar-refractivity contribution in [1.29, 1.82) is 0 Å². The number of fused-ring (bicyclic) bond motifs is 1. The summed E-state index contributed by atoms with van der Waals surface area (Å²) in [5, 5.41) is 3.95. The molecule has 1 amide bonds. The van der Waals surface area contributed by atoms with E-state index in [0.717, 1.165) is 23.3 Å². The van der Waals surface area contributed by atoms with Crippen molar-refractivity contribution in [2.75, 3.05) is 18.4 Å². The molecular weight excluding hydrogens is 383 g/mol. The number of nitrogens with one attached hydrogen (secondary N) is 1. The molecule has 0 bridgehead atoms. The Morgan fingerprint density at radius 1 is 1.17 bits per heavy atom. The van der Waals surface area contributed by atoms with Crippen LogP contribution in [-0.2, 0) is 13.2 Å². The van der Waals surface area contributed by atoms with Gasteiger partial charge in [0.25, 0.3) is 5.91 Å². The number of carbonyl (C=O) groups is 1. The molecule has 4 rings (SSSR count). The van der Waals surface area contributed by atoms with E-state index in [1.807, 2.05) is 42.1 Å². The minimum atomic E-state index is -4.51. The van der Waals surface area contributed by atoms with Gasteiger partial charge in [-0.3, -0.25) is 4.79 Å². The van der Waals surface area contributed by atoms with Crippen molar-refractivity contribution in [3.05, 3.63) is 54.1 Å². The SMILES string of the molecule is Cn1cc(C(=O)N2CCC(Nc3cc(C(F)(F)F)ncn3)CC2)c2ccccc21. The number of anilines is 1. The number of carbonyl (C=O) groups excluding carboxylic acids is 1. The van der Waals surface area contributed by atoms with Crippen LogP contribution in [0.25, 0.3) is 10.9 Å². The topological polar surface area (TPSA) is 63.1 Å². The van der Waals surface area contributed by atoms with Crippen molar-refractivity contribution >= 4 is 22.6 Å². The summed E-state index contributed by atoms with van der Waals surface area (Å²) < 4.78 is 40.3. The number of halogens is 3. The monoisotopic (exact) mass is 403 g/mol. The number of nitrogens with zero attached hydrogens (tertiary/aromatic N) is 4. The van der Waals surface area contributed by atoms with Crippen LogP contribution in [0.5, 0.6) is 0 Å². The Morgan fingerprint density at radius 3 is 2.62 bits per heavy atom. The second-order valence-corrected chi connectivity index (χ2v) is 7.17. The van der Waals surface area contributed by atoms with Crippen molar-refractivity contribution in [2.45, 2.75) is 25.1 Å². The highest BCUT2D eigenvalue weighted by atomic mass is 19.4. The quantitative estimate of drug-likeness (QED) is 0.724. The first-order valence-corrected chi connectivity index (χ1v) is 9.32. The maximum Gasteiger partial charge on any atom is 0.433 e. The Balaban J connectivity index is 1.41. The van der Waals surface area contributed by atoms with Gasteiger partial charge < -0.3 is 14.8 Å². The molecule has 1 aromatic carbocycles. The van der Waals surface area contributed by atoms with Gasteiger partial charge in [-0.15, -0.1) is 0 Å². The third kappa shape index (κ3) is 3.90. The number of hydrogen-bond donors (Lipinski definition) is 1. The van der Waals surface area contributed by atoms with Crippen LogP contribution in [-0.4, -0.2) is 44.5 Å². The highest BCUT2D eigenvalue weighted by Crippen LogP contribution is 2.29. The smallest absolute Gasteiger partial charge is 0.367 e. The van der Waals surface area contributed by atoms with E-state index < -0.39 is 11.9 Å². The Labute approximate surface area is 165 Å². The van der Waals surface area contributed by atoms with Gasteiger partial charge >= 0.3 is 6.18 Å². The molecule has 152 valence electrons. The maximum absolute atomic E-state index is 13.0. The average Bonchev–Trinajstić information content (AvgIpc) is 3.05. The van der Waals surface area contributed by atoms with Gasteiger partial charge in [-0.25, -0.2) is 9.97 Å². The fourth-order valence-electron chi connectivity index (χ4n) is 3.71. The van der Waals surface area contributed by atoms with Gasteiger partial charge in [0, 0.05) is 49.3 Å². The first kappa shape index (κ1) is 19.2. The van der Waals surface area contributed by atoms with Gasteiger partial charge in [-0.1, -0.05) is 18.2 Å². The van der Waals surface area contributed by atoms with Crippen LogP contribution in [0.15, 0.2) is 42.9 Å². The number of para-hydroxylation sites is 1. The molecule has 29 heavy (non-hydrogen) atoms. The molecule has 1 fully saturated rings. The minimum Gasteiger partial charge on any atom is -0.367 e.